The van der Waals surface area contributed by atoms with Crippen LogP contribution in [0.4, 0.5) is 0 Å². The molecule has 180 valence electrons. The molecule has 0 bridgehead atoms. The number of nitrogens with zero attached hydrogens (tertiary/aromatic N) is 3. The van der Waals surface area contributed by atoms with E-state index in [1.54, 1.807) is 53.3 Å². The van der Waals surface area contributed by atoms with E-state index in [2.05, 4.69) is 10.4 Å². The van der Waals surface area contributed by atoms with E-state index in [9.17, 15) is 14.4 Å². The lowest BCUT2D eigenvalue weighted by Crippen LogP contribution is -2.29. The minimum Gasteiger partial charge on any atom is -0.493 e. The first-order chi connectivity index (χ1) is 17.6. The summed E-state index contributed by atoms with van der Waals surface area (Å²) < 4.78 is 7.43. The molecule has 8 heteroatoms. The van der Waals surface area contributed by atoms with Crippen LogP contribution in [0.5, 0.6) is 5.75 Å². The number of hydrogen-bond donors (Lipinski definition) is 1. The summed E-state index contributed by atoms with van der Waals surface area (Å²) in [5.74, 6) is -0.573. The molecule has 0 spiro atoms. The molecule has 0 atom stereocenters. The number of para-hydroxylation sites is 1. The normalized spacial score (nSPS) is 12.5. The number of amides is 3. The molecule has 1 N–H and O–H groups in total. The smallest absolute Gasteiger partial charge is 0.261 e. The molecule has 0 fully saturated rings. The Kier molecular flexibility index (Phi) is 6.32. The molecule has 8 nitrogen and oxygen atoms in total. The fourth-order valence-electron chi connectivity index (χ4n) is 4.27. The summed E-state index contributed by atoms with van der Waals surface area (Å²) in [5, 5.41) is 7.24. The van der Waals surface area contributed by atoms with E-state index < -0.39 is 0 Å². The fraction of sp³-hybridized carbons (Fsp3) is 0.143. The predicted molar refractivity (Wildman–Crippen MR) is 133 cm³/mol. The molecule has 0 radical (unpaired) electrons. The summed E-state index contributed by atoms with van der Waals surface area (Å²) in [6, 6.07) is 21.4. The van der Waals surface area contributed by atoms with Gasteiger partial charge in [-0.05, 0) is 54.4 Å². The van der Waals surface area contributed by atoms with Crippen molar-refractivity contribution in [2.45, 2.75) is 20.0 Å². The van der Waals surface area contributed by atoms with Crippen molar-refractivity contribution in [1.82, 2.24) is 20.0 Å². The Morgan fingerprint density at radius 1 is 0.944 bits per heavy atom. The second kappa shape index (κ2) is 9.87. The number of fused-ring (bicyclic) bond motifs is 1. The van der Waals surface area contributed by atoms with Crippen LogP contribution in [0.25, 0.3) is 5.69 Å². The zero-order valence-electron chi connectivity index (χ0n) is 19.7. The molecule has 3 amide bonds. The van der Waals surface area contributed by atoms with Gasteiger partial charge in [-0.2, -0.15) is 5.10 Å². The van der Waals surface area contributed by atoms with E-state index in [0.717, 1.165) is 11.3 Å². The van der Waals surface area contributed by atoms with Gasteiger partial charge in [-0.25, -0.2) is 4.68 Å². The summed E-state index contributed by atoms with van der Waals surface area (Å²) in [4.78, 5) is 40.0. The van der Waals surface area contributed by atoms with Gasteiger partial charge in [0.2, 0.25) is 0 Å². The van der Waals surface area contributed by atoms with Gasteiger partial charge in [0.1, 0.15) is 5.75 Å². The van der Waals surface area contributed by atoms with Crippen molar-refractivity contribution in [3.05, 3.63) is 113 Å². The van der Waals surface area contributed by atoms with Gasteiger partial charge in [0.05, 0.1) is 35.5 Å². The van der Waals surface area contributed by atoms with Crippen LogP contribution in [-0.4, -0.2) is 39.0 Å². The van der Waals surface area contributed by atoms with Gasteiger partial charge in [0, 0.05) is 18.9 Å². The molecule has 0 aliphatic carbocycles. The predicted octanol–water partition coefficient (Wildman–Crippen LogP) is 4.00. The number of carbonyl (C=O) groups is 3. The first-order valence-electron chi connectivity index (χ1n) is 11.6. The van der Waals surface area contributed by atoms with Crippen LogP contribution in [0.3, 0.4) is 0 Å². The number of nitrogens with one attached hydrogen (secondary N) is 1. The molecule has 5 rings (SSSR count). The average molecular weight is 481 g/mol. The first kappa shape index (κ1) is 23.0. The highest BCUT2D eigenvalue weighted by atomic mass is 16.5. The number of rotatable bonds is 8. The standard InChI is InChI=1S/C28H24N4O4/c1-2-36-25-13-12-19(18-31-27(34)21-9-4-5-10-22(21)28(31)35)16-23(25)26(33)29-17-20-8-3-6-11-24(20)32-15-7-14-30-32/h3-16H,2,17-18H2,1H3,(H,29,33). The third-order valence-corrected chi connectivity index (χ3v) is 5.99. The molecule has 2 heterocycles. The number of ether oxygens (including phenoxy) is 1. The molecule has 4 aromatic rings. The Bertz CT molecular complexity index is 1410. The Morgan fingerprint density at radius 3 is 2.36 bits per heavy atom. The van der Waals surface area contributed by atoms with Gasteiger partial charge < -0.3 is 10.1 Å². The van der Waals surface area contributed by atoms with Gasteiger partial charge in [-0.1, -0.05) is 36.4 Å². The molecule has 1 aromatic heterocycles. The van der Waals surface area contributed by atoms with Crippen molar-refractivity contribution >= 4 is 17.7 Å². The van der Waals surface area contributed by atoms with Crippen molar-refractivity contribution in [2.24, 2.45) is 0 Å². The third kappa shape index (κ3) is 4.36. The lowest BCUT2D eigenvalue weighted by Gasteiger charge is -2.17. The van der Waals surface area contributed by atoms with Crippen LogP contribution in [0, 0.1) is 0 Å². The van der Waals surface area contributed by atoms with Crippen LogP contribution in [0.15, 0.2) is 85.2 Å². The number of aromatic nitrogens is 2. The summed E-state index contributed by atoms with van der Waals surface area (Å²) in [5.41, 5.74) is 3.53. The molecule has 0 saturated heterocycles. The first-order valence-corrected chi connectivity index (χ1v) is 11.6. The Hall–Kier alpha value is -4.72. The van der Waals surface area contributed by atoms with Gasteiger partial charge in [0.15, 0.2) is 0 Å². The molecular weight excluding hydrogens is 456 g/mol. The number of imide groups is 1. The molecule has 1 aliphatic heterocycles. The highest BCUT2D eigenvalue weighted by Gasteiger charge is 2.35. The molecule has 3 aromatic carbocycles. The second-order valence-electron chi connectivity index (χ2n) is 8.27. The van der Waals surface area contributed by atoms with Gasteiger partial charge in [-0.15, -0.1) is 0 Å². The SMILES string of the molecule is CCOc1ccc(CN2C(=O)c3ccccc3C2=O)cc1C(=O)NCc1ccccc1-n1cccn1. The number of benzene rings is 3. The number of carbonyl (C=O) groups excluding carboxylic acids is 3. The summed E-state index contributed by atoms with van der Waals surface area (Å²) >= 11 is 0. The monoisotopic (exact) mass is 480 g/mol. The average Bonchev–Trinajstić information content (AvgIpc) is 3.52. The van der Waals surface area contributed by atoms with Crippen molar-refractivity contribution in [2.75, 3.05) is 6.61 Å². The van der Waals surface area contributed by atoms with E-state index in [1.807, 2.05) is 43.5 Å². The Labute approximate surface area is 208 Å². The van der Waals surface area contributed by atoms with E-state index in [-0.39, 0.29) is 30.8 Å². The topological polar surface area (TPSA) is 93.5 Å². The van der Waals surface area contributed by atoms with Crippen LogP contribution in [0.1, 0.15) is 49.1 Å². The van der Waals surface area contributed by atoms with Crippen LogP contribution in [-0.2, 0) is 13.1 Å². The maximum atomic E-state index is 13.2. The zero-order valence-corrected chi connectivity index (χ0v) is 19.7. The molecule has 36 heavy (non-hydrogen) atoms. The molecular formula is C28H24N4O4. The Morgan fingerprint density at radius 2 is 1.67 bits per heavy atom. The number of hydrogen-bond acceptors (Lipinski definition) is 5. The van der Waals surface area contributed by atoms with E-state index in [0.29, 0.717) is 34.6 Å². The van der Waals surface area contributed by atoms with Gasteiger partial charge in [0.25, 0.3) is 17.7 Å². The lowest BCUT2D eigenvalue weighted by molar-refractivity contribution is 0.0642. The van der Waals surface area contributed by atoms with Crippen molar-refractivity contribution in [3.8, 4) is 11.4 Å². The molecule has 0 saturated carbocycles. The minimum atomic E-state index is -0.342. The zero-order chi connectivity index (χ0) is 25.1. The van der Waals surface area contributed by atoms with Crippen LogP contribution < -0.4 is 10.1 Å². The van der Waals surface area contributed by atoms with E-state index in [4.69, 9.17) is 4.74 Å². The Balaban J connectivity index is 1.36. The van der Waals surface area contributed by atoms with E-state index in [1.165, 1.54) is 4.90 Å². The molecule has 0 unspecified atom stereocenters. The maximum Gasteiger partial charge on any atom is 0.261 e. The largest absolute Gasteiger partial charge is 0.493 e. The highest BCUT2D eigenvalue weighted by Crippen LogP contribution is 2.27. The highest BCUT2D eigenvalue weighted by molar-refractivity contribution is 6.21. The quantitative estimate of drug-likeness (QED) is 0.385. The summed E-state index contributed by atoms with van der Waals surface area (Å²) in [6.07, 6.45) is 3.54. The van der Waals surface area contributed by atoms with Crippen molar-refractivity contribution in [1.29, 1.82) is 0 Å². The summed E-state index contributed by atoms with van der Waals surface area (Å²) in [7, 11) is 0. The fourth-order valence-corrected chi connectivity index (χ4v) is 4.27. The van der Waals surface area contributed by atoms with Crippen molar-refractivity contribution < 1.29 is 19.1 Å². The van der Waals surface area contributed by atoms with Crippen LogP contribution >= 0.6 is 0 Å². The van der Waals surface area contributed by atoms with Crippen molar-refractivity contribution in [3.63, 3.8) is 0 Å². The van der Waals surface area contributed by atoms with Crippen LogP contribution in [0.2, 0.25) is 0 Å². The summed E-state index contributed by atoms with van der Waals surface area (Å²) in [6.45, 7) is 2.57. The molecule has 1 aliphatic rings. The maximum absolute atomic E-state index is 13.2. The third-order valence-electron chi connectivity index (χ3n) is 5.99. The second-order valence-corrected chi connectivity index (χ2v) is 8.27. The minimum absolute atomic E-state index is 0.0567. The van der Waals surface area contributed by atoms with Gasteiger partial charge >= 0.3 is 0 Å². The van der Waals surface area contributed by atoms with Gasteiger partial charge in [-0.3, -0.25) is 19.3 Å². The lowest BCUT2D eigenvalue weighted by atomic mass is 10.1. The van der Waals surface area contributed by atoms with E-state index >= 15 is 0 Å².